The third-order valence-electron chi connectivity index (χ3n) is 5.04. The van der Waals surface area contributed by atoms with Crippen molar-refractivity contribution >= 4 is 29.3 Å². The number of carbonyl (C=O) groups is 2. The summed E-state index contributed by atoms with van der Waals surface area (Å²) >= 11 is 1.55. The van der Waals surface area contributed by atoms with E-state index < -0.39 is 0 Å². The van der Waals surface area contributed by atoms with E-state index in [2.05, 4.69) is 12.2 Å². The van der Waals surface area contributed by atoms with Gasteiger partial charge in [0, 0.05) is 10.9 Å². The van der Waals surface area contributed by atoms with Gasteiger partial charge >= 0.3 is 0 Å². The number of hydrogen-bond acceptors (Lipinski definition) is 3. The molecular weight excluding hydrogens is 320 g/mol. The number of unbranched alkanes of at least 4 members (excludes halogenated alkanes) is 1. The maximum absolute atomic E-state index is 12.5. The Hall–Kier alpha value is -1.49. The van der Waals surface area contributed by atoms with Gasteiger partial charge in [0.1, 0.15) is 6.54 Å². The van der Waals surface area contributed by atoms with Gasteiger partial charge in [-0.25, -0.2) is 0 Å². The molecule has 2 atom stereocenters. The molecule has 2 unspecified atom stereocenters. The first-order valence-corrected chi connectivity index (χ1v) is 9.99. The Kier molecular flexibility index (Phi) is 5.82. The lowest BCUT2D eigenvalue weighted by atomic mass is 9.97. The Morgan fingerprint density at radius 1 is 1.33 bits per heavy atom. The molecule has 1 aliphatic heterocycles. The van der Waals surface area contributed by atoms with Gasteiger partial charge in [-0.05, 0) is 37.3 Å². The normalized spacial score (nSPS) is 23.2. The molecule has 24 heavy (non-hydrogen) atoms. The molecule has 0 saturated heterocycles. The smallest absolute Gasteiger partial charge is 0.240 e. The standard InChI is InChI=1S/C19H26N2O2S/c1-2-3-7-14-8-6-9-15(14)20-18(22)12-21-16-10-4-5-11-17(16)24-13-19(21)23/h4-5,10-11,14-15H,2-3,6-9,12-13H2,1H3,(H,20,22). The highest BCUT2D eigenvalue weighted by atomic mass is 32.2. The van der Waals surface area contributed by atoms with Gasteiger partial charge in [-0.1, -0.05) is 38.3 Å². The number of amides is 2. The summed E-state index contributed by atoms with van der Waals surface area (Å²) in [4.78, 5) is 27.5. The summed E-state index contributed by atoms with van der Waals surface area (Å²) in [6, 6.07) is 8.10. The number of para-hydroxylation sites is 1. The quantitative estimate of drug-likeness (QED) is 0.856. The van der Waals surface area contributed by atoms with Gasteiger partial charge in [-0.2, -0.15) is 0 Å². The van der Waals surface area contributed by atoms with Crippen molar-refractivity contribution < 1.29 is 9.59 Å². The fourth-order valence-electron chi connectivity index (χ4n) is 3.76. The minimum Gasteiger partial charge on any atom is -0.352 e. The van der Waals surface area contributed by atoms with E-state index in [0.717, 1.165) is 17.0 Å². The van der Waals surface area contributed by atoms with E-state index >= 15 is 0 Å². The summed E-state index contributed by atoms with van der Waals surface area (Å²) in [5.41, 5.74) is 0.864. The summed E-state index contributed by atoms with van der Waals surface area (Å²) < 4.78 is 0. The van der Waals surface area contributed by atoms with E-state index in [1.54, 1.807) is 16.7 Å². The first-order chi connectivity index (χ1) is 11.7. The highest BCUT2D eigenvalue weighted by Gasteiger charge is 2.30. The van der Waals surface area contributed by atoms with Crippen molar-refractivity contribution in [1.29, 1.82) is 0 Å². The molecule has 1 aliphatic carbocycles. The molecule has 2 amide bonds. The van der Waals surface area contributed by atoms with Crippen LogP contribution in [0.15, 0.2) is 29.2 Å². The SMILES string of the molecule is CCCCC1CCCC1NC(=O)CN1C(=O)CSc2ccccc21. The Labute approximate surface area is 148 Å². The van der Waals surface area contributed by atoms with Crippen LogP contribution < -0.4 is 10.2 Å². The van der Waals surface area contributed by atoms with Gasteiger partial charge in [-0.15, -0.1) is 11.8 Å². The maximum Gasteiger partial charge on any atom is 0.240 e. The average molecular weight is 346 g/mol. The molecule has 3 rings (SSSR count). The van der Waals surface area contributed by atoms with Crippen LogP contribution in [0.4, 0.5) is 5.69 Å². The molecule has 0 radical (unpaired) electrons. The minimum absolute atomic E-state index is 0.0165. The number of nitrogens with zero attached hydrogens (tertiary/aromatic N) is 1. The summed E-state index contributed by atoms with van der Waals surface area (Å²) in [6.07, 6.45) is 7.11. The molecule has 1 aromatic rings. The highest BCUT2D eigenvalue weighted by molar-refractivity contribution is 8.00. The largest absolute Gasteiger partial charge is 0.352 e. The molecule has 1 saturated carbocycles. The second-order valence-corrected chi connectivity index (χ2v) is 7.76. The summed E-state index contributed by atoms with van der Waals surface area (Å²) in [6.45, 7) is 2.34. The predicted molar refractivity (Wildman–Crippen MR) is 98.3 cm³/mol. The Morgan fingerprint density at radius 3 is 3.00 bits per heavy atom. The number of benzene rings is 1. The zero-order valence-electron chi connectivity index (χ0n) is 14.3. The van der Waals surface area contributed by atoms with E-state index in [-0.39, 0.29) is 24.4 Å². The first-order valence-electron chi connectivity index (χ1n) is 9.00. The van der Waals surface area contributed by atoms with Crippen LogP contribution in [-0.2, 0) is 9.59 Å². The van der Waals surface area contributed by atoms with E-state index in [0.29, 0.717) is 11.7 Å². The molecule has 1 N–H and O–H groups in total. The average Bonchev–Trinajstić information content (AvgIpc) is 3.02. The lowest BCUT2D eigenvalue weighted by Gasteiger charge is -2.29. The first kappa shape index (κ1) is 17.3. The van der Waals surface area contributed by atoms with Crippen molar-refractivity contribution in [2.45, 2.75) is 56.4 Å². The molecule has 0 aromatic heterocycles. The number of carbonyl (C=O) groups excluding carboxylic acids is 2. The van der Waals surface area contributed by atoms with Gasteiger partial charge in [0.25, 0.3) is 0 Å². The number of rotatable bonds is 6. The number of thioether (sulfide) groups is 1. The molecule has 130 valence electrons. The Morgan fingerprint density at radius 2 is 2.17 bits per heavy atom. The summed E-state index contributed by atoms with van der Waals surface area (Å²) in [5.74, 6) is 1.00. The zero-order valence-corrected chi connectivity index (χ0v) is 15.1. The number of hydrogen-bond donors (Lipinski definition) is 1. The minimum atomic E-state index is -0.0292. The van der Waals surface area contributed by atoms with Crippen molar-refractivity contribution in [2.75, 3.05) is 17.2 Å². The van der Waals surface area contributed by atoms with E-state index in [1.807, 2.05) is 24.3 Å². The van der Waals surface area contributed by atoms with Crippen molar-refractivity contribution in [2.24, 2.45) is 5.92 Å². The second-order valence-electron chi connectivity index (χ2n) is 6.74. The fraction of sp³-hybridized carbons (Fsp3) is 0.579. The van der Waals surface area contributed by atoms with E-state index in [9.17, 15) is 9.59 Å². The van der Waals surface area contributed by atoms with Gasteiger partial charge in [0.2, 0.25) is 11.8 Å². The van der Waals surface area contributed by atoms with Crippen molar-refractivity contribution in [3.05, 3.63) is 24.3 Å². The fourth-order valence-corrected chi connectivity index (χ4v) is 4.70. The molecule has 0 bridgehead atoms. The van der Waals surface area contributed by atoms with Crippen molar-refractivity contribution in [3.8, 4) is 0 Å². The van der Waals surface area contributed by atoms with Gasteiger partial charge in [0.15, 0.2) is 0 Å². The van der Waals surface area contributed by atoms with Crippen LogP contribution in [0.5, 0.6) is 0 Å². The number of nitrogens with one attached hydrogen (secondary N) is 1. The van der Waals surface area contributed by atoms with Crippen LogP contribution in [-0.4, -0.2) is 30.2 Å². The molecule has 1 aromatic carbocycles. The van der Waals surface area contributed by atoms with Gasteiger partial charge in [0.05, 0.1) is 11.4 Å². The number of anilines is 1. The lowest BCUT2D eigenvalue weighted by molar-refractivity contribution is -0.123. The summed E-state index contributed by atoms with van der Waals surface area (Å²) in [5, 5.41) is 3.20. The van der Waals surface area contributed by atoms with Crippen LogP contribution >= 0.6 is 11.8 Å². The maximum atomic E-state index is 12.5. The van der Waals surface area contributed by atoms with Crippen LogP contribution in [0.1, 0.15) is 45.4 Å². The van der Waals surface area contributed by atoms with Crippen LogP contribution in [0.3, 0.4) is 0 Å². The molecular formula is C19H26N2O2S. The third kappa shape index (κ3) is 3.94. The zero-order chi connectivity index (χ0) is 16.9. The van der Waals surface area contributed by atoms with Crippen LogP contribution in [0.2, 0.25) is 0 Å². The topological polar surface area (TPSA) is 49.4 Å². The monoisotopic (exact) mass is 346 g/mol. The Balaban J connectivity index is 1.61. The van der Waals surface area contributed by atoms with Gasteiger partial charge in [-0.3, -0.25) is 9.59 Å². The summed E-state index contributed by atoms with van der Waals surface area (Å²) in [7, 11) is 0. The molecule has 5 heteroatoms. The highest BCUT2D eigenvalue weighted by Crippen LogP contribution is 2.35. The van der Waals surface area contributed by atoms with E-state index in [4.69, 9.17) is 0 Å². The predicted octanol–water partition coefficient (Wildman–Crippen LogP) is 3.60. The molecule has 4 nitrogen and oxygen atoms in total. The molecule has 0 spiro atoms. The molecule has 2 aliphatic rings. The second kappa shape index (κ2) is 8.06. The van der Waals surface area contributed by atoms with Crippen LogP contribution in [0, 0.1) is 5.92 Å². The molecule has 1 fully saturated rings. The van der Waals surface area contributed by atoms with Crippen molar-refractivity contribution in [1.82, 2.24) is 5.32 Å². The van der Waals surface area contributed by atoms with E-state index in [1.165, 1.54) is 32.1 Å². The number of fused-ring (bicyclic) bond motifs is 1. The van der Waals surface area contributed by atoms with Crippen LogP contribution in [0.25, 0.3) is 0 Å². The molecule has 1 heterocycles. The lowest BCUT2D eigenvalue weighted by Crippen LogP contribution is -2.46. The van der Waals surface area contributed by atoms with Crippen molar-refractivity contribution in [3.63, 3.8) is 0 Å². The van der Waals surface area contributed by atoms with Gasteiger partial charge < -0.3 is 10.2 Å². The third-order valence-corrected chi connectivity index (χ3v) is 6.09. The Bertz CT molecular complexity index is 605.